The first-order valence-corrected chi connectivity index (χ1v) is 11.0. The number of pyridine rings is 1. The highest BCUT2D eigenvalue weighted by Crippen LogP contribution is 2.32. The molecule has 1 aliphatic heterocycles. The summed E-state index contributed by atoms with van der Waals surface area (Å²) in [6, 6.07) is 3.17. The molecule has 1 aromatic carbocycles. The largest absolute Gasteiger partial charge is 0.396 e. The maximum Gasteiger partial charge on any atom is 0.260 e. The predicted octanol–water partition coefficient (Wildman–Crippen LogP) is 2.93. The molecule has 1 aliphatic carbocycles. The van der Waals surface area contributed by atoms with E-state index in [1.807, 2.05) is 0 Å². The van der Waals surface area contributed by atoms with Crippen molar-refractivity contribution in [2.24, 2.45) is 5.92 Å². The first-order chi connectivity index (χ1) is 15.8. The van der Waals surface area contributed by atoms with E-state index in [9.17, 15) is 18.4 Å². The van der Waals surface area contributed by atoms with Gasteiger partial charge < -0.3 is 16.0 Å². The van der Waals surface area contributed by atoms with Crippen LogP contribution in [-0.4, -0.2) is 45.0 Å². The van der Waals surface area contributed by atoms with E-state index in [0.717, 1.165) is 31.5 Å². The van der Waals surface area contributed by atoms with Crippen LogP contribution < -0.4 is 16.6 Å². The Morgan fingerprint density at radius 1 is 1.27 bits per heavy atom. The molecule has 172 valence electrons. The van der Waals surface area contributed by atoms with Crippen LogP contribution in [-0.2, 0) is 4.79 Å². The molecule has 3 N–H and O–H groups in total. The molecule has 1 atom stereocenters. The minimum Gasteiger partial charge on any atom is -0.396 e. The lowest BCUT2D eigenvalue weighted by atomic mass is 10.0. The van der Waals surface area contributed by atoms with E-state index in [2.05, 4.69) is 15.3 Å². The molecule has 1 saturated carbocycles. The average molecular weight is 454 g/mol. The van der Waals surface area contributed by atoms with Crippen LogP contribution in [0.15, 0.2) is 29.2 Å². The van der Waals surface area contributed by atoms with Crippen molar-refractivity contribution in [3.8, 4) is 11.1 Å². The van der Waals surface area contributed by atoms with Crippen molar-refractivity contribution in [2.45, 2.75) is 32.2 Å². The molecule has 1 saturated heterocycles. The number of likely N-dealkylation sites (tertiary alicyclic amines) is 1. The average Bonchev–Trinajstić information content (AvgIpc) is 3.49. The fourth-order valence-electron chi connectivity index (χ4n) is 4.33. The zero-order valence-corrected chi connectivity index (χ0v) is 18.1. The van der Waals surface area contributed by atoms with E-state index in [1.54, 1.807) is 4.90 Å². The number of aromatic nitrogens is 3. The number of hydrogen-bond donors (Lipinski definition) is 2. The lowest BCUT2D eigenvalue weighted by molar-refractivity contribution is -0.127. The highest BCUT2D eigenvalue weighted by molar-refractivity contribution is 5.83. The molecule has 0 spiro atoms. The Labute approximate surface area is 188 Å². The van der Waals surface area contributed by atoms with Crippen LogP contribution in [0.5, 0.6) is 0 Å². The lowest BCUT2D eigenvalue weighted by Crippen LogP contribution is -2.31. The molecule has 2 aromatic heterocycles. The third kappa shape index (κ3) is 3.90. The van der Waals surface area contributed by atoms with Gasteiger partial charge in [-0.3, -0.25) is 14.2 Å². The van der Waals surface area contributed by atoms with Crippen molar-refractivity contribution in [3.05, 3.63) is 46.4 Å². The Hall–Kier alpha value is -3.56. The summed E-state index contributed by atoms with van der Waals surface area (Å²) in [5.74, 6) is -0.982. The Balaban J connectivity index is 1.69. The molecule has 3 aromatic rings. The van der Waals surface area contributed by atoms with Gasteiger partial charge in [-0.15, -0.1) is 0 Å². The quantitative estimate of drug-likeness (QED) is 0.574. The molecule has 10 heteroatoms. The monoisotopic (exact) mass is 454 g/mol. The van der Waals surface area contributed by atoms with E-state index < -0.39 is 22.8 Å². The summed E-state index contributed by atoms with van der Waals surface area (Å²) in [6.07, 6.45) is 4.38. The van der Waals surface area contributed by atoms with Crippen molar-refractivity contribution in [1.29, 1.82) is 0 Å². The second-order valence-corrected chi connectivity index (χ2v) is 8.76. The lowest BCUT2D eigenvalue weighted by Gasteiger charge is -2.20. The number of nitrogen functional groups attached to an aromatic ring is 1. The summed E-state index contributed by atoms with van der Waals surface area (Å²) in [7, 11) is 0. The van der Waals surface area contributed by atoms with Crippen LogP contribution in [0.1, 0.15) is 32.2 Å². The molecule has 3 heterocycles. The number of carbonyl (C=O) groups is 1. The fraction of sp³-hybridized carbons (Fsp3) is 0.391. The summed E-state index contributed by atoms with van der Waals surface area (Å²) >= 11 is 0. The maximum absolute atomic E-state index is 14.8. The predicted molar refractivity (Wildman–Crippen MR) is 121 cm³/mol. The van der Waals surface area contributed by atoms with Gasteiger partial charge in [0.2, 0.25) is 11.9 Å². The summed E-state index contributed by atoms with van der Waals surface area (Å²) in [4.78, 5) is 36.1. The van der Waals surface area contributed by atoms with Crippen LogP contribution in [0.25, 0.3) is 22.2 Å². The van der Waals surface area contributed by atoms with Crippen LogP contribution in [0, 0.1) is 17.6 Å². The van der Waals surface area contributed by atoms with Gasteiger partial charge in [-0.1, -0.05) is 0 Å². The molecule has 5 rings (SSSR count). The highest BCUT2D eigenvalue weighted by atomic mass is 19.1. The van der Waals surface area contributed by atoms with Gasteiger partial charge in [0.05, 0.1) is 22.9 Å². The van der Waals surface area contributed by atoms with Gasteiger partial charge in [-0.25, -0.2) is 13.8 Å². The number of nitrogens with zero attached hydrogens (tertiary/aromatic N) is 4. The fourth-order valence-corrected chi connectivity index (χ4v) is 4.33. The van der Waals surface area contributed by atoms with Gasteiger partial charge in [0, 0.05) is 38.1 Å². The standard InChI is InChI=1S/C23H24F2N6O2/c1-12(32)30-7-6-15(11-30)31-21-14(10-28-23(29-21)27-9-13-2-3-13)8-16(22(31)33)19-17(24)4-5-18(26)20(19)25/h4-5,8,10,13,15H,2-3,6-7,9,11,26H2,1H3,(H,27,28,29). The number of anilines is 2. The molecule has 0 radical (unpaired) electrons. The van der Waals surface area contributed by atoms with E-state index in [4.69, 9.17) is 5.73 Å². The smallest absolute Gasteiger partial charge is 0.260 e. The number of rotatable bonds is 5. The highest BCUT2D eigenvalue weighted by Gasteiger charge is 2.30. The second kappa shape index (κ2) is 8.09. The topological polar surface area (TPSA) is 106 Å². The summed E-state index contributed by atoms with van der Waals surface area (Å²) < 4.78 is 31.0. The first-order valence-electron chi connectivity index (χ1n) is 11.0. The van der Waals surface area contributed by atoms with Crippen LogP contribution >= 0.6 is 0 Å². The summed E-state index contributed by atoms with van der Waals surface area (Å²) in [5, 5.41) is 3.66. The van der Waals surface area contributed by atoms with Crippen LogP contribution in [0.2, 0.25) is 0 Å². The molecular formula is C23H24F2N6O2. The Morgan fingerprint density at radius 3 is 2.76 bits per heavy atom. The van der Waals surface area contributed by atoms with Crippen molar-refractivity contribution < 1.29 is 13.6 Å². The zero-order chi connectivity index (χ0) is 23.3. The molecule has 33 heavy (non-hydrogen) atoms. The first kappa shape index (κ1) is 21.3. The van der Waals surface area contributed by atoms with Crippen molar-refractivity contribution in [1.82, 2.24) is 19.4 Å². The molecule has 1 amide bonds. The minimum absolute atomic E-state index is 0.0969. The minimum atomic E-state index is -0.988. The van der Waals surface area contributed by atoms with Gasteiger partial charge in [-0.2, -0.15) is 4.98 Å². The van der Waals surface area contributed by atoms with Crippen molar-refractivity contribution in [3.63, 3.8) is 0 Å². The van der Waals surface area contributed by atoms with Crippen LogP contribution in [0.3, 0.4) is 0 Å². The third-order valence-corrected chi connectivity index (χ3v) is 6.38. The molecule has 2 fully saturated rings. The SMILES string of the molecule is CC(=O)N1CCC(n2c(=O)c(-c3c(F)ccc(N)c3F)cc3cnc(NCC4CC4)nc32)C1. The number of amides is 1. The molecule has 2 aliphatic rings. The Bertz CT molecular complexity index is 1320. The van der Waals surface area contributed by atoms with Gasteiger partial charge >= 0.3 is 0 Å². The van der Waals surface area contributed by atoms with E-state index >= 15 is 0 Å². The van der Waals surface area contributed by atoms with Crippen molar-refractivity contribution in [2.75, 3.05) is 30.7 Å². The van der Waals surface area contributed by atoms with Crippen LogP contribution in [0.4, 0.5) is 20.4 Å². The Kier molecular flexibility index (Phi) is 5.22. The maximum atomic E-state index is 14.8. The molecule has 8 nitrogen and oxygen atoms in total. The number of benzene rings is 1. The van der Waals surface area contributed by atoms with Crippen molar-refractivity contribution >= 4 is 28.6 Å². The number of hydrogen-bond acceptors (Lipinski definition) is 6. The third-order valence-electron chi connectivity index (χ3n) is 6.38. The van der Waals surface area contributed by atoms with E-state index in [0.29, 0.717) is 42.4 Å². The second-order valence-electron chi connectivity index (χ2n) is 8.76. The number of nitrogens with two attached hydrogens (primary N) is 1. The molecular weight excluding hydrogens is 430 g/mol. The van der Waals surface area contributed by atoms with Gasteiger partial charge in [0.1, 0.15) is 11.5 Å². The van der Waals surface area contributed by atoms with Gasteiger partial charge in [-0.05, 0) is 43.4 Å². The normalized spacial score (nSPS) is 18.2. The number of nitrogens with one attached hydrogen (secondary N) is 1. The number of halogens is 2. The number of carbonyl (C=O) groups excluding carboxylic acids is 1. The van der Waals surface area contributed by atoms with Gasteiger partial charge in [0.25, 0.3) is 5.56 Å². The summed E-state index contributed by atoms with van der Waals surface area (Å²) in [5.41, 5.74) is 4.53. The Morgan fingerprint density at radius 2 is 2.06 bits per heavy atom. The van der Waals surface area contributed by atoms with E-state index in [-0.39, 0.29) is 23.2 Å². The van der Waals surface area contributed by atoms with Gasteiger partial charge in [0.15, 0.2) is 5.82 Å². The summed E-state index contributed by atoms with van der Waals surface area (Å²) in [6.45, 7) is 3.01. The molecule has 1 unspecified atom stereocenters. The zero-order valence-electron chi connectivity index (χ0n) is 18.1. The number of fused-ring (bicyclic) bond motifs is 1. The molecule has 0 bridgehead atoms. The van der Waals surface area contributed by atoms with E-state index in [1.165, 1.54) is 23.8 Å².